The highest BCUT2D eigenvalue weighted by Crippen LogP contribution is 2.14. The molecule has 0 aliphatic rings. The molecule has 126 valence electrons. The van der Waals surface area contributed by atoms with Crippen molar-refractivity contribution in [1.82, 2.24) is 5.32 Å². The van der Waals surface area contributed by atoms with Crippen LogP contribution in [0.25, 0.3) is 6.08 Å². The van der Waals surface area contributed by atoms with Crippen molar-refractivity contribution >= 4 is 12.0 Å². The second-order valence-electron chi connectivity index (χ2n) is 6.39. The van der Waals surface area contributed by atoms with E-state index < -0.39 is 0 Å². The quantitative estimate of drug-likeness (QED) is 0.711. The summed E-state index contributed by atoms with van der Waals surface area (Å²) >= 11 is 0. The highest BCUT2D eigenvalue weighted by molar-refractivity contribution is 5.94. The third-order valence-corrected chi connectivity index (χ3v) is 4.04. The predicted octanol–water partition coefficient (Wildman–Crippen LogP) is 5.55. The summed E-state index contributed by atoms with van der Waals surface area (Å²) in [5.74, 6) is 0.491. The van der Waals surface area contributed by atoms with Crippen molar-refractivity contribution in [2.75, 3.05) is 0 Å². The molecule has 0 bridgehead atoms. The minimum absolute atomic E-state index is 0.0352. The smallest absolute Gasteiger partial charge is 0.251 e. The number of carbonyl (C=O) groups excluding carboxylic acids is 1. The van der Waals surface area contributed by atoms with E-state index in [2.05, 4.69) is 62.5 Å². The van der Waals surface area contributed by atoms with Crippen molar-refractivity contribution in [3.05, 3.63) is 76.9 Å². The van der Waals surface area contributed by atoms with Crippen LogP contribution in [0.1, 0.15) is 66.6 Å². The monoisotopic (exact) mass is 321 g/mol. The van der Waals surface area contributed by atoms with Crippen molar-refractivity contribution in [1.29, 1.82) is 0 Å². The third kappa shape index (κ3) is 5.38. The lowest BCUT2D eigenvalue weighted by Gasteiger charge is -2.08. The maximum absolute atomic E-state index is 12.2. The van der Waals surface area contributed by atoms with E-state index in [4.69, 9.17) is 0 Å². The molecule has 0 spiro atoms. The zero-order valence-electron chi connectivity index (χ0n) is 14.9. The Labute approximate surface area is 145 Å². The van der Waals surface area contributed by atoms with Crippen LogP contribution < -0.4 is 5.32 Å². The Morgan fingerprint density at radius 1 is 1.04 bits per heavy atom. The topological polar surface area (TPSA) is 29.1 Å². The summed E-state index contributed by atoms with van der Waals surface area (Å²) < 4.78 is 0. The summed E-state index contributed by atoms with van der Waals surface area (Å²) in [6.45, 7) is 7.07. The van der Waals surface area contributed by atoms with Crippen molar-refractivity contribution in [3.63, 3.8) is 0 Å². The fourth-order valence-corrected chi connectivity index (χ4v) is 2.44. The molecular weight excluding hydrogens is 294 g/mol. The Morgan fingerprint density at radius 2 is 1.71 bits per heavy atom. The van der Waals surface area contributed by atoms with Crippen molar-refractivity contribution in [3.8, 4) is 0 Å². The molecule has 1 N–H and O–H groups in total. The van der Waals surface area contributed by atoms with Gasteiger partial charge in [-0.3, -0.25) is 4.79 Å². The van der Waals surface area contributed by atoms with Gasteiger partial charge in [0, 0.05) is 12.1 Å². The first-order valence-electron chi connectivity index (χ1n) is 8.73. The first kappa shape index (κ1) is 18.0. The molecule has 2 rings (SSSR count). The minimum atomic E-state index is -0.0352. The molecule has 0 aliphatic heterocycles. The van der Waals surface area contributed by atoms with E-state index >= 15 is 0 Å². The van der Waals surface area contributed by atoms with Crippen molar-refractivity contribution in [2.45, 2.75) is 46.1 Å². The fraction of sp³-hybridized carbons (Fsp3) is 0.318. The summed E-state index contributed by atoms with van der Waals surface area (Å²) in [4.78, 5) is 12.2. The summed E-state index contributed by atoms with van der Waals surface area (Å²) in [6, 6.07) is 16.1. The Balaban J connectivity index is 1.90. The maximum atomic E-state index is 12.2. The number of nitrogens with one attached hydrogen (secondary N) is 1. The molecule has 0 fully saturated rings. The van der Waals surface area contributed by atoms with Crippen LogP contribution in [0, 0.1) is 0 Å². The molecule has 2 aromatic rings. The van der Waals surface area contributed by atoms with Gasteiger partial charge in [0.15, 0.2) is 0 Å². The van der Waals surface area contributed by atoms with Gasteiger partial charge in [-0.2, -0.15) is 0 Å². The largest absolute Gasteiger partial charge is 0.348 e. The molecule has 2 heteroatoms. The highest BCUT2D eigenvalue weighted by Gasteiger charge is 2.05. The van der Waals surface area contributed by atoms with Gasteiger partial charge < -0.3 is 5.32 Å². The van der Waals surface area contributed by atoms with Crippen LogP contribution in [0.2, 0.25) is 0 Å². The second kappa shape index (κ2) is 9.07. The van der Waals surface area contributed by atoms with E-state index in [1.165, 1.54) is 5.56 Å². The molecule has 0 aliphatic carbocycles. The summed E-state index contributed by atoms with van der Waals surface area (Å²) in [6.07, 6.45) is 6.49. The van der Waals surface area contributed by atoms with E-state index in [-0.39, 0.29) is 5.91 Å². The molecule has 0 unspecified atom stereocenters. The van der Waals surface area contributed by atoms with Gasteiger partial charge in [-0.1, -0.05) is 75.7 Å². The summed E-state index contributed by atoms with van der Waals surface area (Å²) in [5, 5.41) is 2.98. The molecule has 24 heavy (non-hydrogen) atoms. The summed E-state index contributed by atoms with van der Waals surface area (Å²) in [7, 11) is 0. The van der Waals surface area contributed by atoms with Crippen LogP contribution >= 0.6 is 0 Å². The second-order valence-corrected chi connectivity index (χ2v) is 6.39. The van der Waals surface area contributed by atoms with Gasteiger partial charge in [-0.05, 0) is 41.2 Å². The van der Waals surface area contributed by atoms with Gasteiger partial charge in [0.05, 0.1) is 0 Å². The standard InChI is InChI=1S/C22H27NO/c1-4-5-6-7-18-8-14-21(15-9-18)22(24)23-16-19-10-12-20(13-11-19)17(2)3/h6-15,17H,4-5,16H2,1-3H3,(H,23,24)/b7-6+. The Hall–Kier alpha value is -2.35. The molecule has 0 saturated heterocycles. The van der Waals surface area contributed by atoms with Gasteiger partial charge in [0.25, 0.3) is 5.91 Å². The lowest BCUT2D eigenvalue weighted by atomic mass is 10.0. The van der Waals surface area contributed by atoms with Crippen LogP contribution in [-0.4, -0.2) is 5.91 Å². The number of unbranched alkanes of at least 4 members (excludes halogenated alkanes) is 1. The molecule has 0 aromatic heterocycles. The Kier molecular flexibility index (Phi) is 6.80. The van der Waals surface area contributed by atoms with Gasteiger partial charge in [-0.15, -0.1) is 0 Å². The van der Waals surface area contributed by atoms with E-state index in [1.807, 2.05) is 24.3 Å². The first-order valence-corrected chi connectivity index (χ1v) is 8.73. The summed E-state index contributed by atoms with van der Waals surface area (Å²) in [5.41, 5.74) is 4.26. The maximum Gasteiger partial charge on any atom is 0.251 e. The molecule has 0 atom stereocenters. The SMILES string of the molecule is CCC/C=C/c1ccc(C(=O)NCc2ccc(C(C)C)cc2)cc1. The van der Waals surface area contributed by atoms with Gasteiger partial charge in [-0.25, -0.2) is 0 Å². The number of allylic oxidation sites excluding steroid dienone is 1. The van der Waals surface area contributed by atoms with Crippen molar-refractivity contribution < 1.29 is 4.79 Å². The van der Waals surface area contributed by atoms with Crippen LogP contribution in [0.4, 0.5) is 0 Å². The average molecular weight is 321 g/mol. The van der Waals surface area contributed by atoms with Crippen molar-refractivity contribution in [2.24, 2.45) is 0 Å². The van der Waals surface area contributed by atoms with Crippen LogP contribution in [-0.2, 0) is 6.54 Å². The normalized spacial score (nSPS) is 11.2. The fourth-order valence-electron chi connectivity index (χ4n) is 2.44. The Bertz CT molecular complexity index is 666. The number of hydrogen-bond donors (Lipinski definition) is 1. The van der Waals surface area contributed by atoms with Gasteiger partial charge >= 0.3 is 0 Å². The van der Waals surface area contributed by atoms with Gasteiger partial charge in [0.2, 0.25) is 0 Å². The number of benzene rings is 2. The predicted molar refractivity (Wildman–Crippen MR) is 102 cm³/mol. The lowest BCUT2D eigenvalue weighted by molar-refractivity contribution is 0.0951. The average Bonchev–Trinajstić information content (AvgIpc) is 2.61. The van der Waals surface area contributed by atoms with E-state index in [0.29, 0.717) is 18.0 Å². The lowest BCUT2D eigenvalue weighted by Crippen LogP contribution is -2.22. The zero-order valence-corrected chi connectivity index (χ0v) is 14.9. The molecular formula is C22H27NO. The van der Waals surface area contributed by atoms with Crippen LogP contribution in [0.15, 0.2) is 54.6 Å². The number of hydrogen-bond acceptors (Lipinski definition) is 1. The molecule has 0 heterocycles. The Morgan fingerprint density at radius 3 is 2.29 bits per heavy atom. The molecule has 0 saturated carbocycles. The number of amides is 1. The third-order valence-electron chi connectivity index (χ3n) is 4.04. The molecule has 1 amide bonds. The van der Waals surface area contributed by atoms with Crippen LogP contribution in [0.3, 0.4) is 0 Å². The molecule has 0 radical (unpaired) electrons. The van der Waals surface area contributed by atoms with Crippen LogP contribution in [0.5, 0.6) is 0 Å². The van der Waals surface area contributed by atoms with E-state index in [9.17, 15) is 4.79 Å². The minimum Gasteiger partial charge on any atom is -0.348 e. The first-order chi connectivity index (χ1) is 11.6. The van der Waals surface area contributed by atoms with E-state index in [0.717, 1.165) is 24.0 Å². The zero-order chi connectivity index (χ0) is 17.4. The number of carbonyl (C=O) groups is 1. The number of rotatable bonds is 7. The van der Waals surface area contributed by atoms with E-state index in [1.54, 1.807) is 0 Å². The van der Waals surface area contributed by atoms with Gasteiger partial charge in [0.1, 0.15) is 0 Å². The highest BCUT2D eigenvalue weighted by atomic mass is 16.1. The molecule has 2 nitrogen and oxygen atoms in total. The molecule has 2 aromatic carbocycles.